The number of carbonyl (C=O) groups excluding carboxylic acids is 1. The van der Waals surface area contributed by atoms with Gasteiger partial charge in [0.25, 0.3) is 0 Å². The number of aryl methyl sites for hydroxylation is 1. The number of benzene rings is 1. The molecule has 0 radical (unpaired) electrons. The summed E-state index contributed by atoms with van der Waals surface area (Å²) in [6.07, 6.45) is 15.7. The van der Waals surface area contributed by atoms with Gasteiger partial charge in [0.1, 0.15) is 5.69 Å². The number of hydrogen-bond donors (Lipinski definition) is 0. The van der Waals surface area contributed by atoms with Crippen LogP contribution in [-0.4, -0.2) is 29.9 Å². The van der Waals surface area contributed by atoms with Gasteiger partial charge in [0.05, 0.1) is 31.0 Å². The second-order valence-corrected chi connectivity index (χ2v) is 8.23. The Bertz CT molecular complexity index is 1200. The van der Waals surface area contributed by atoms with Gasteiger partial charge in [0.2, 0.25) is 0 Å². The van der Waals surface area contributed by atoms with Crippen LogP contribution in [0.25, 0.3) is 22.0 Å². The van der Waals surface area contributed by atoms with Crippen LogP contribution in [-0.2, 0) is 13.5 Å². The number of hydrogen-bond acceptors (Lipinski definition) is 4. The Morgan fingerprint density at radius 3 is 2.70 bits per heavy atom. The van der Waals surface area contributed by atoms with Gasteiger partial charge in [-0.05, 0) is 30.4 Å². The Morgan fingerprint density at radius 1 is 1.03 bits per heavy atom. The number of fused-ring (bicyclic) bond motifs is 1. The van der Waals surface area contributed by atoms with E-state index in [9.17, 15) is 4.79 Å². The molecule has 3 heterocycles. The third kappa shape index (κ3) is 3.65. The number of ketones is 1. The molecule has 0 amide bonds. The first-order chi connectivity index (χ1) is 14.7. The minimum Gasteiger partial charge on any atom is -0.334 e. The van der Waals surface area contributed by atoms with Crippen molar-refractivity contribution in [2.75, 3.05) is 0 Å². The molecule has 152 valence electrons. The number of nitrogens with zero attached hydrogens (tertiary/aromatic N) is 5. The zero-order valence-electron chi connectivity index (χ0n) is 17.2. The van der Waals surface area contributed by atoms with Gasteiger partial charge in [-0.3, -0.25) is 9.78 Å². The highest BCUT2D eigenvalue weighted by Gasteiger charge is 2.18. The molecule has 5 rings (SSSR count). The Balaban J connectivity index is 1.36. The molecule has 30 heavy (non-hydrogen) atoms. The van der Waals surface area contributed by atoms with Crippen LogP contribution in [0.3, 0.4) is 0 Å². The SMILES string of the molecule is Cn1cncc1-c1ccc2cnc(CC(=O)c3cn(C4CCCCC4)cn3)cc2c1. The average molecular weight is 399 g/mol. The topological polar surface area (TPSA) is 65.6 Å². The molecule has 1 saturated carbocycles. The molecule has 4 aromatic rings. The van der Waals surface area contributed by atoms with Crippen molar-refractivity contribution in [3.05, 3.63) is 66.9 Å². The highest BCUT2D eigenvalue weighted by atomic mass is 16.1. The lowest BCUT2D eigenvalue weighted by molar-refractivity contribution is 0.0987. The number of aromatic nitrogens is 5. The molecule has 0 unspecified atom stereocenters. The molecule has 6 nitrogen and oxygen atoms in total. The van der Waals surface area contributed by atoms with E-state index in [0.29, 0.717) is 11.7 Å². The standard InChI is InChI=1S/C24H25N5O/c1-28-15-25-13-23(28)17-7-8-18-12-26-20(10-19(18)9-17)11-24(30)22-14-29(16-27-22)21-5-3-2-4-6-21/h7-10,12-16,21H,2-6,11H2,1H3. The van der Waals surface area contributed by atoms with E-state index in [1.54, 1.807) is 6.33 Å². The van der Waals surface area contributed by atoms with Crippen molar-refractivity contribution in [1.82, 2.24) is 24.1 Å². The predicted octanol–water partition coefficient (Wildman–Crippen LogP) is 4.76. The van der Waals surface area contributed by atoms with Crippen LogP contribution in [0.4, 0.5) is 0 Å². The van der Waals surface area contributed by atoms with Crippen LogP contribution in [0.15, 0.2) is 55.5 Å². The van der Waals surface area contributed by atoms with Crippen molar-refractivity contribution in [2.24, 2.45) is 7.05 Å². The molecule has 6 heteroatoms. The molecule has 0 bridgehead atoms. The van der Waals surface area contributed by atoms with Crippen molar-refractivity contribution in [3.8, 4) is 11.3 Å². The van der Waals surface area contributed by atoms with Crippen LogP contribution in [0, 0.1) is 0 Å². The van der Waals surface area contributed by atoms with E-state index < -0.39 is 0 Å². The number of pyridine rings is 1. The molecule has 1 aliphatic carbocycles. The number of imidazole rings is 2. The smallest absolute Gasteiger partial charge is 0.188 e. The van der Waals surface area contributed by atoms with Crippen LogP contribution in [0.1, 0.15) is 54.3 Å². The van der Waals surface area contributed by atoms with E-state index in [1.165, 1.54) is 32.1 Å². The fourth-order valence-electron chi connectivity index (χ4n) is 4.39. The predicted molar refractivity (Wildman–Crippen MR) is 116 cm³/mol. The molecule has 0 atom stereocenters. The second kappa shape index (κ2) is 7.86. The summed E-state index contributed by atoms with van der Waals surface area (Å²) in [7, 11) is 1.98. The summed E-state index contributed by atoms with van der Waals surface area (Å²) in [6.45, 7) is 0. The summed E-state index contributed by atoms with van der Waals surface area (Å²) in [6, 6.07) is 8.74. The Hall–Kier alpha value is -3.28. The zero-order chi connectivity index (χ0) is 20.5. The molecule has 1 aromatic carbocycles. The third-order valence-corrected chi connectivity index (χ3v) is 6.12. The van der Waals surface area contributed by atoms with Crippen molar-refractivity contribution < 1.29 is 4.79 Å². The quantitative estimate of drug-likeness (QED) is 0.454. The van der Waals surface area contributed by atoms with Crippen molar-refractivity contribution in [3.63, 3.8) is 0 Å². The van der Waals surface area contributed by atoms with E-state index in [2.05, 4.69) is 37.7 Å². The summed E-state index contributed by atoms with van der Waals surface area (Å²) >= 11 is 0. The molecular weight excluding hydrogens is 374 g/mol. The van der Waals surface area contributed by atoms with Crippen LogP contribution in [0.2, 0.25) is 0 Å². The first kappa shape index (κ1) is 18.7. The van der Waals surface area contributed by atoms with E-state index in [-0.39, 0.29) is 12.2 Å². The van der Waals surface area contributed by atoms with Gasteiger partial charge in [-0.1, -0.05) is 31.4 Å². The summed E-state index contributed by atoms with van der Waals surface area (Å²) in [5.41, 5.74) is 3.45. The lowest BCUT2D eigenvalue weighted by Crippen LogP contribution is -2.11. The number of rotatable bonds is 5. The molecule has 1 aliphatic rings. The summed E-state index contributed by atoms with van der Waals surface area (Å²) < 4.78 is 4.12. The summed E-state index contributed by atoms with van der Waals surface area (Å²) in [5.74, 6) is 0.0131. The number of carbonyl (C=O) groups is 1. The molecular formula is C24H25N5O. The largest absolute Gasteiger partial charge is 0.334 e. The van der Waals surface area contributed by atoms with Crippen LogP contribution < -0.4 is 0 Å². The van der Waals surface area contributed by atoms with Gasteiger partial charge < -0.3 is 9.13 Å². The Labute approximate surface area is 175 Å². The van der Waals surface area contributed by atoms with Gasteiger partial charge in [-0.25, -0.2) is 9.97 Å². The van der Waals surface area contributed by atoms with Crippen molar-refractivity contribution in [1.29, 1.82) is 0 Å². The highest BCUT2D eigenvalue weighted by Crippen LogP contribution is 2.28. The van der Waals surface area contributed by atoms with Gasteiger partial charge in [0, 0.05) is 42.1 Å². The molecule has 0 spiro atoms. The molecule has 0 N–H and O–H groups in total. The molecule has 0 aliphatic heterocycles. The van der Waals surface area contributed by atoms with Gasteiger partial charge in [-0.2, -0.15) is 0 Å². The van der Waals surface area contributed by atoms with Gasteiger partial charge >= 0.3 is 0 Å². The van der Waals surface area contributed by atoms with E-state index >= 15 is 0 Å². The highest BCUT2D eigenvalue weighted by molar-refractivity contribution is 5.96. The van der Waals surface area contributed by atoms with Crippen LogP contribution >= 0.6 is 0 Å². The lowest BCUT2D eigenvalue weighted by Gasteiger charge is -2.22. The molecule has 0 saturated heterocycles. The Morgan fingerprint density at radius 2 is 1.90 bits per heavy atom. The van der Waals surface area contributed by atoms with E-state index in [4.69, 9.17) is 0 Å². The fraction of sp³-hybridized carbons (Fsp3) is 0.333. The molecule has 3 aromatic heterocycles. The maximum Gasteiger partial charge on any atom is 0.188 e. The first-order valence-corrected chi connectivity index (χ1v) is 10.6. The van der Waals surface area contributed by atoms with Crippen molar-refractivity contribution in [2.45, 2.75) is 44.6 Å². The minimum atomic E-state index is 0.0131. The van der Waals surface area contributed by atoms with Crippen molar-refractivity contribution >= 4 is 16.6 Å². The fourth-order valence-corrected chi connectivity index (χ4v) is 4.39. The summed E-state index contributed by atoms with van der Waals surface area (Å²) in [5, 5.41) is 2.12. The zero-order valence-corrected chi connectivity index (χ0v) is 17.2. The van der Waals surface area contributed by atoms with Crippen LogP contribution in [0.5, 0.6) is 0 Å². The lowest BCUT2D eigenvalue weighted by atomic mass is 9.95. The first-order valence-electron chi connectivity index (χ1n) is 10.6. The third-order valence-electron chi connectivity index (χ3n) is 6.12. The maximum atomic E-state index is 12.8. The monoisotopic (exact) mass is 399 g/mol. The maximum absolute atomic E-state index is 12.8. The minimum absolute atomic E-state index is 0.0131. The van der Waals surface area contributed by atoms with E-state index in [0.717, 1.165) is 27.7 Å². The van der Waals surface area contributed by atoms with Gasteiger partial charge in [-0.15, -0.1) is 0 Å². The molecule has 1 fully saturated rings. The normalized spacial score (nSPS) is 15.0. The van der Waals surface area contributed by atoms with E-state index in [1.807, 2.05) is 42.6 Å². The summed E-state index contributed by atoms with van der Waals surface area (Å²) in [4.78, 5) is 25.9. The number of Topliss-reactive ketones (excluding diaryl/α,β-unsaturated/α-hetero) is 1. The average Bonchev–Trinajstić information content (AvgIpc) is 3.43. The van der Waals surface area contributed by atoms with Gasteiger partial charge in [0.15, 0.2) is 5.78 Å². The second-order valence-electron chi connectivity index (χ2n) is 8.23. The Kier molecular flexibility index (Phi) is 4.91.